The van der Waals surface area contributed by atoms with Crippen LogP contribution >= 0.6 is 11.8 Å². The van der Waals surface area contributed by atoms with Crippen LogP contribution in [0.15, 0.2) is 101 Å². The zero-order valence-corrected chi connectivity index (χ0v) is 27.6. The van der Waals surface area contributed by atoms with E-state index in [0.29, 0.717) is 10.7 Å². The van der Waals surface area contributed by atoms with E-state index in [-0.39, 0.29) is 37.8 Å². The van der Waals surface area contributed by atoms with Crippen molar-refractivity contribution in [3.05, 3.63) is 118 Å². The van der Waals surface area contributed by atoms with Gasteiger partial charge in [0.25, 0.3) is 5.91 Å². The summed E-state index contributed by atoms with van der Waals surface area (Å²) in [4.78, 5) is 40.7. The molecule has 0 spiro atoms. The number of carbonyl (C=O) groups is 3. The van der Waals surface area contributed by atoms with E-state index in [4.69, 9.17) is 29.4 Å². The second kappa shape index (κ2) is 15.0. The number of hydrogen-bond acceptors (Lipinski definition) is 13. The van der Waals surface area contributed by atoms with Crippen molar-refractivity contribution < 1.29 is 38.1 Å². The number of carbonyl (C=O) groups excluding carboxylic acids is 3. The number of esters is 1. The predicted molar refractivity (Wildman–Crippen MR) is 174 cm³/mol. The van der Waals surface area contributed by atoms with Gasteiger partial charge >= 0.3 is 12.1 Å². The Balaban J connectivity index is 1.15. The summed E-state index contributed by atoms with van der Waals surface area (Å²) < 4.78 is 29.2. The molecule has 1 amide bonds. The van der Waals surface area contributed by atoms with Gasteiger partial charge in [-0.3, -0.25) is 15.4 Å². The highest BCUT2D eigenvalue weighted by molar-refractivity contribution is 7.99. The SMILES string of the molecule is CO[C@@]1(N)C(=O)N2C(C(=O)OC(c3ccccc3)c3ccccc3)=C(CSc3nnnn3CCOC(=O)OCc3ccc(C)cc3)CO[C@@H]21. The van der Waals surface area contributed by atoms with Crippen LogP contribution in [0.5, 0.6) is 0 Å². The molecule has 49 heavy (non-hydrogen) atoms. The molecule has 15 heteroatoms. The van der Waals surface area contributed by atoms with Crippen molar-refractivity contribution in [3.63, 3.8) is 0 Å². The first-order valence-corrected chi connectivity index (χ1v) is 16.3. The molecule has 2 aliphatic heterocycles. The lowest BCUT2D eigenvalue weighted by molar-refractivity contribution is -0.248. The summed E-state index contributed by atoms with van der Waals surface area (Å²) in [5.74, 6) is -1.21. The Hall–Kier alpha value is -5.09. The van der Waals surface area contributed by atoms with Crippen molar-refractivity contribution in [2.45, 2.75) is 43.3 Å². The summed E-state index contributed by atoms with van der Waals surface area (Å²) >= 11 is 1.20. The van der Waals surface area contributed by atoms with Crippen molar-refractivity contribution in [2.75, 3.05) is 26.1 Å². The first-order chi connectivity index (χ1) is 23.8. The number of methoxy groups -OCH3 is 1. The highest BCUT2D eigenvalue weighted by Crippen LogP contribution is 2.41. The Bertz CT molecular complexity index is 1780. The number of rotatable bonds is 13. The van der Waals surface area contributed by atoms with Crippen LogP contribution in [0.3, 0.4) is 0 Å². The van der Waals surface area contributed by atoms with Gasteiger partial charge in [-0.25, -0.2) is 14.3 Å². The maximum Gasteiger partial charge on any atom is 0.508 e. The third-order valence-electron chi connectivity index (χ3n) is 7.98. The fourth-order valence-corrected chi connectivity index (χ4v) is 6.22. The number of fused-ring (bicyclic) bond motifs is 1. The Morgan fingerprint density at radius 2 is 1.69 bits per heavy atom. The zero-order chi connectivity index (χ0) is 34.4. The van der Waals surface area contributed by atoms with E-state index in [9.17, 15) is 14.4 Å². The average molecular weight is 687 g/mol. The van der Waals surface area contributed by atoms with Crippen molar-refractivity contribution in [1.29, 1.82) is 0 Å². The monoisotopic (exact) mass is 686 g/mol. The van der Waals surface area contributed by atoms with Crippen LogP contribution in [0.1, 0.15) is 28.4 Å². The minimum Gasteiger partial charge on any atom is -0.448 e. The van der Waals surface area contributed by atoms with Gasteiger partial charge in [0.2, 0.25) is 10.9 Å². The van der Waals surface area contributed by atoms with Crippen LogP contribution in [-0.4, -0.2) is 81.2 Å². The third-order valence-corrected chi connectivity index (χ3v) is 9.02. The second-order valence-electron chi connectivity index (χ2n) is 11.2. The fourth-order valence-electron chi connectivity index (χ4n) is 5.32. The van der Waals surface area contributed by atoms with E-state index < -0.39 is 36.1 Å². The number of nitrogens with zero attached hydrogens (tertiary/aromatic N) is 5. The quantitative estimate of drug-likeness (QED) is 0.0939. The van der Waals surface area contributed by atoms with E-state index in [2.05, 4.69) is 15.5 Å². The van der Waals surface area contributed by atoms with Crippen LogP contribution in [-0.2, 0) is 46.4 Å². The highest BCUT2D eigenvalue weighted by atomic mass is 32.2. The molecule has 0 aliphatic carbocycles. The van der Waals surface area contributed by atoms with Crippen LogP contribution in [0, 0.1) is 6.92 Å². The number of ether oxygens (including phenoxy) is 5. The largest absolute Gasteiger partial charge is 0.508 e. The summed E-state index contributed by atoms with van der Waals surface area (Å²) in [6.45, 7) is 2.12. The van der Waals surface area contributed by atoms with Gasteiger partial charge in [0.05, 0.1) is 13.2 Å². The van der Waals surface area contributed by atoms with E-state index in [1.807, 2.05) is 91.9 Å². The molecular formula is C34H34N6O8S. The maximum absolute atomic E-state index is 14.1. The number of nitrogens with two attached hydrogens (primary N) is 1. The number of benzene rings is 3. The van der Waals surface area contributed by atoms with E-state index in [1.54, 1.807) is 0 Å². The molecule has 14 nitrogen and oxygen atoms in total. The summed E-state index contributed by atoms with van der Waals surface area (Å²) in [7, 11) is 1.31. The van der Waals surface area contributed by atoms with Gasteiger partial charge in [-0.15, -0.1) is 5.10 Å². The second-order valence-corrected chi connectivity index (χ2v) is 12.2. The topological polar surface area (TPSA) is 170 Å². The average Bonchev–Trinajstić information content (AvgIpc) is 3.59. The Morgan fingerprint density at radius 1 is 1.02 bits per heavy atom. The first kappa shape index (κ1) is 33.8. The molecule has 0 saturated carbocycles. The molecule has 0 radical (unpaired) electrons. The molecule has 2 atom stereocenters. The van der Waals surface area contributed by atoms with Crippen LogP contribution in [0.2, 0.25) is 0 Å². The van der Waals surface area contributed by atoms with Gasteiger partial charge in [0.15, 0.2) is 12.3 Å². The normalized spacial score (nSPS) is 18.6. The number of thioether (sulfide) groups is 1. The Morgan fingerprint density at radius 3 is 2.35 bits per heavy atom. The highest BCUT2D eigenvalue weighted by Gasteiger charge is 2.64. The molecule has 254 valence electrons. The molecular weight excluding hydrogens is 652 g/mol. The molecule has 2 aliphatic rings. The molecule has 3 heterocycles. The van der Waals surface area contributed by atoms with Crippen LogP contribution in [0.4, 0.5) is 4.79 Å². The minimum atomic E-state index is -1.74. The molecule has 0 unspecified atom stereocenters. The number of aromatic nitrogens is 4. The van der Waals surface area contributed by atoms with E-state index in [0.717, 1.165) is 22.3 Å². The molecule has 3 aromatic carbocycles. The molecule has 6 rings (SSSR count). The van der Waals surface area contributed by atoms with Crippen LogP contribution in [0.25, 0.3) is 0 Å². The van der Waals surface area contributed by atoms with Crippen molar-refractivity contribution in [1.82, 2.24) is 25.1 Å². The van der Waals surface area contributed by atoms with Crippen LogP contribution < -0.4 is 5.73 Å². The number of β-lactam (4-membered cyclic amide) rings is 1. The molecule has 2 N–H and O–H groups in total. The molecule has 4 aromatic rings. The van der Waals surface area contributed by atoms with Gasteiger partial charge in [0, 0.05) is 12.9 Å². The first-order valence-electron chi connectivity index (χ1n) is 15.3. The predicted octanol–water partition coefficient (Wildman–Crippen LogP) is 3.51. The number of aryl methyl sites for hydroxylation is 1. The maximum atomic E-state index is 14.1. The summed E-state index contributed by atoms with van der Waals surface area (Å²) in [5.41, 5.74) is 8.37. The summed E-state index contributed by atoms with van der Waals surface area (Å²) in [6.07, 6.45) is -2.60. The zero-order valence-electron chi connectivity index (χ0n) is 26.8. The number of tetrazole rings is 1. The van der Waals surface area contributed by atoms with Crippen molar-refractivity contribution >= 4 is 29.8 Å². The van der Waals surface area contributed by atoms with Gasteiger partial charge in [0.1, 0.15) is 18.9 Å². The lowest BCUT2D eigenvalue weighted by Crippen LogP contribution is -2.80. The lowest BCUT2D eigenvalue weighted by atomic mass is 9.95. The molecule has 1 fully saturated rings. The third kappa shape index (κ3) is 7.34. The van der Waals surface area contributed by atoms with Gasteiger partial charge in [-0.1, -0.05) is 102 Å². The molecule has 1 aromatic heterocycles. The van der Waals surface area contributed by atoms with Crippen molar-refractivity contribution in [3.8, 4) is 0 Å². The fraction of sp³-hybridized carbons (Fsp3) is 0.294. The molecule has 1 saturated heterocycles. The van der Waals surface area contributed by atoms with E-state index >= 15 is 0 Å². The Kier molecular flexibility index (Phi) is 10.3. The van der Waals surface area contributed by atoms with Gasteiger partial charge in [-0.05, 0) is 39.6 Å². The smallest absolute Gasteiger partial charge is 0.448 e. The standard InChI is InChI=1S/C34H34N6O8S/c1-22-13-15-23(16-14-22)19-47-33(43)45-18-17-39-32(36-37-38-39)49-21-26-20-46-31-34(35,44-2)30(42)40(31)27(26)29(41)48-28(24-9-5-3-6-10-24)25-11-7-4-8-12-25/h3-16,28,31H,17-21,35H2,1-2H3/t31-,34+/m1/s1. The lowest BCUT2D eigenvalue weighted by Gasteiger charge is -2.54. The number of amides is 1. The molecule has 0 bridgehead atoms. The van der Waals surface area contributed by atoms with Crippen molar-refractivity contribution in [2.24, 2.45) is 5.73 Å². The van der Waals surface area contributed by atoms with Gasteiger partial charge in [-0.2, -0.15) is 0 Å². The Labute approximate surface area is 286 Å². The number of hydrogen-bond donors (Lipinski definition) is 1. The summed E-state index contributed by atoms with van der Waals surface area (Å²) in [5, 5.41) is 12.2. The van der Waals surface area contributed by atoms with Gasteiger partial charge < -0.3 is 23.7 Å². The summed E-state index contributed by atoms with van der Waals surface area (Å²) in [6, 6.07) is 26.2. The minimum absolute atomic E-state index is 0.0161. The van der Waals surface area contributed by atoms with E-state index in [1.165, 1.54) is 28.5 Å².